The van der Waals surface area contributed by atoms with E-state index in [4.69, 9.17) is 0 Å². The van der Waals surface area contributed by atoms with Gasteiger partial charge in [0.2, 0.25) is 17.7 Å². The van der Waals surface area contributed by atoms with E-state index < -0.39 is 11.9 Å². The van der Waals surface area contributed by atoms with Crippen LogP contribution >= 0.6 is 0 Å². The monoisotopic (exact) mass is 784 g/mol. The van der Waals surface area contributed by atoms with Gasteiger partial charge in [-0.15, -0.1) is 0 Å². The molecule has 1 unspecified atom stereocenters. The smallest absolute Gasteiger partial charge is 0.550 e. The molecule has 0 bridgehead atoms. The summed E-state index contributed by atoms with van der Waals surface area (Å²) in [6.45, 7) is 8.99. The summed E-state index contributed by atoms with van der Waals surface area (Å²) < 4.78 is 0. The van der Waals surface area contributed by atoms with Crippen LogP contribution < -0.4 is 50.6 Å². The Kier molecular flexibility index (Phi) is 30.0. The van der Waals surface area contributed by atoms with Crippen molar-refractivity contribution in [2.75, 3.05) is 0 Å². The second-order valence-electron chi connectivity index (χ2n) is 17.9. The van der Waals surface area contributed by atoms with Gasteiger partial charge in [-0.05, 0) is 120 Å². The number of amides is 3. The van der Waals surface area contributed by atoms with Crippen LogP contribution in [-0.4, -0.2) is 53.0 Å². The molecule has 3 amide bonds. The molecule has 3 aliphatic rings. The standard InChI is InChI=1S/C27H47N3O3.C18H36O3.Na/c1-18-4-10-22(11-5-18)28-25(31)16-21(27(33)30-24-14-8-20(3)9-15-24)17-26(32)29-23-12-6-19(2)7-13-23;1-2-3-4-11-14-17(19)15-12-9-7-5-6-8-10-13-16-18(20)21;/h18-24H,4-17H2,1-3H3,(H,28,31)(H,29,32)(H,30,33);17,19H,2-16H2,1H3,(H,20,21);/q;;+1/p-1. The maximum atomic E-state index is 13.2. The first-order valence-corrected chi connectivity index (χ1v) is 22.7. The van der Waals surface area contributed by atoms with Gasteiger partial charge in [0.25, 0.3) is 0 Å². The SMILES string of the molecule is CC1CCC(NC(=O)CC(CC(=O)NC2CCC(C)CC2)C(=O)NC2CCC(C)CC2)CC1.CCCCCCC(O)CCCCCCCCCCC(=O)[O-].[Na+]. The molecule has 0 radical (unpaired) electrons. The minimum Gasteiger partial charge on any atom is -0.550 e. The summed E-state index contributed by atoms with van der Waals surface area (Å²) in [6.07, 6.45) is 28.9. The largest absolute Gasteiger partial charge is 1.00 e. The van der Waals surface area contributed by atoms with Crippen molar-refractivity contribution >= 4 is 23.7 Å². The van der Waals surface area contributed by atoms with Gasteiger partial charge in [-0.1, -0.05) is 98.3 Å². The number of carboxylic acids is 1. The van der Waals surface area contributed by atoms with Crippen molar-refractivity contribution in [1.29, 1.82) is 0 Å². The van der Waals surface area contributed by atoms with Crippen molar-refractivity contribution in [2.45, 2.75) is 238 Å². The number of nitrogens with one attached hydrogen (secondary N) is 3. The Bertz CT molecular complexity index is 984. The molecule has 3 rings (SSSR count). The number of aliphatic hydroxyl groups is 1. The minimum absolute atomic E-state index is 0. The molecule has 55 heavy (non-hydrogen) atoms. The van der Waals surface area contributed by atoms with Gasteiger partial charge in [0, 0.05) is 36.9 Å². The molecule has 1 atom stereocenters. The third-order valence-electron chi connectivity index (χ3n) is 12.4. The molecule has 0 aromatic carbocycles. The zero-order valence-electron chi connectivity index (χ0n) is 36.1. The molecule has 4 N–H and O–H groups in total. The van der Waals surface area contributed by atoms with Crippen molar-refractivity contribution in [3.8, 4) is 0 Å². The third-order valence-corrected chi connectivity index (χ3v) is 12.4. The molecule has 0 aromatic heterocycles. The molecule has 314 valence electrons. The third kappa shape index (κ3) is 26.5. The molecular weight excluding hydrogens is 702 g/mol. The summed E-state index contributed by atoms with van der Waals surface area (Å²) in [4.78, 5) is 49.0. The summed E-state index contributed by atoms with van der Waals surface area (Å²) in [5.41, 5.74) is 0. The number of aliphatic hydroxyl groups excluding tert-OH is 1. The number of rotatable bonds is 24. The molecule has 0 aliphatic heterocycles. The first kappa shape index (κ1) is 51.9. The van der Waals surface area contributed by atoms with Crippen molar-refractivity contribution in [1.82, 2.24) is 16.0 Å². The fraction of sp³-hybridized carbons (Fsp3) is 0.911. The van der Waals surface area contributed by atoms with E-state index in [-0.39, 0.29) is 90.8 Å². The minimum atomic E-state index is -0.928. The van der Waals surface area contributed by atoms with Crippen LogP contribution in [0, 0.1) is 23.7 Å². The summed E-state index contributed by atoms with van der Waals surface area (Å²) in [5.74, 6) is 0.314. The van der Waals surface area contributed by atoms with Crippen LogP contribution in [0.2, 0.25) is 0 Å². The molecule has 0 heterocycles. The Morgan fingerprint density at radius 2 is 0.891 bits per heavy atom. The molecular formula is C45H82N3NaO6. The molecule has 0 aromatic rings. The van der Waals surface area contributed by atoms with Gasteiger partial charge in [0.05, 0.1) is 12.0 Å². The molecule has 9 nitrogen and oxygen atoms in total. The van der Waals surface area contributed by atoms with Crippen LogP contribution in [0.1, 0.15) is 214 Å². The first-order valence-electron chi connectivity index (χ1n) is 22.7. The summed E-state index contributed by atoms with van der Waals surface area (Å²) in [5, 5.41) is 29.5. The Balaban J connectivity index is 0.000000599. The molecule has 10 heteroatoms. The average Bonchev–Trinajstić information content (AvgIpc) is 3.13. The number of carbonyl (C=O) groups is 4. The zero-order chi connectivity index (χ0) is 39.6. The van der Waals surface area contributed by atoms with Crippen molar-refractivity contribution in [2.24, 2.45) is 23.7 Å². The van der Waals surface area contributed by atoms with E-state index in [1.165, 1.54) is 51.4 Å². The van der Waals surface area contributed by atoms with Crippen LogP contribution in [0.25, 0.3) is 0 Å². The topological polar surface area (TPSA) is 148 Å². The van der Waals surface area contributed by atoms with Gasteiger partial charge in [-0.25, -0.2) is 0 Å². The molecule has 3 saturated carbocycles. The molecule has 3 aliphatic carbocycles. The van der Waals surface area contributed by atoms with Crippen LogP contribution in [0.3, 0.4) is 0 Å². The van der Waals surface area contributed by atoms with Crippen LogP contribution in [0.15, 0.2) is 0 Å². The van der Waals surface area contributed by atoms with Gasteiger partial charge in [-0.3, -0.25) is 14.4 Å². The van der Waals surface area contributed by atoms with E-state index in [0.717, 1.165) is 127 Å². The number of hydrogen-bond donors (Lipinski definition) is 4. The van der Waals surface area contributed by atoms with Crippen LogP contribution in [0.4, 0.5) is 0 Å². The molecule has 3 fully saturated rings. The maximum absolute atomic E-state index is 13.2. The fourth-order valence-corrected chi connectivity index (χ4v) is 8.47. The Hall–Kier alpha value is -1.16. The summed E-state index contributed by atoms with van der Waals surface area (Å²) >= 11 is 0. The van der Waals surface area contributed by atoms with E-state index in [0.29, 0.717) is 5.92 Å². The second kappa shape index (κ2) is 31.8. The van der Waals surface area contributed by atoms with Gasteiger partial charge in [0.1, 0.15) is 0 Å². The quantitative estimate of drug-likeness (QED) is 0.0758. The van der Waals surface area contributed by atoms with Crippen LogP contribution in [-0.2, 0) is 19.2 Å². The average molecular weight is 784 g/mol. The van der Waals surface area contributed by atoms with Gasteiger partial charge in [-0.2, -0.15) is 0 Å². The van der Waals surface area contributed by atoms with Gasteiger partial charge >= 0.3 is 29.6 Å². The molecule has 0 saturated heterocycles. The van der Waals surface area contributed by atoms with E-state index in [2.05, 4.69) is 43.6 Å². The maximum Gasteiger partial charge on any atom is 1.00 e. The van der Waals surface area contributed by atoms with E-state index in [1.54, 1.807) is 0 Å². The summed E-state index contributed by atoms with van der Waals surface area (Å²) in [6, 6.07) is 0.576. The van der Waals surface area contributed by atoms with Crippen LogP contribution in [0.5, 0.6) is 0 Å². The van der Waals surface area contributed by atoms with Crippen molar-refractivity contribution < 1.29 is 58.9 Å². The van der Waals surface area contributed by atoms with E-state index in [1.807, 2.05) is 0 Å². The Morgan fingerprint density at radius 3 is 1.27 bits per heavy atom. The van der Waals surface area contributed by atoms with Crippen molar-refractivity contribution in [3.63, 3.8) is 0 Å². The van der Waals surface area contributed by atoms with Crippen molar-refractivity contribution in [3.05, 3.63) is 0 Å². The van der Waals surface area contributed by atoms with Gasteiger partial charge in [0.15, 0.2) is 0 Å². The van der Waals surface area contributed by atoms with E-state index >= 15 is 0 Å². The fourth-order valence-electron chi connectivity index (χ4n) is 8.47. The number of carbonyl (C=O) groups excluding carboxylic acids is 4. The first-order chi connectivity index (χ1) is 25.9. The Morgan fingerprint density at radius 1 is 0.545 bits per heavy atom. The Labute approximate surface area is 358 Å². The normalized spacial score (nSPS) is 24.9. The summed E-state index contributed by atoms with van der Waals surface area (Å²) in [7, 11) is 0. The number of hydrogen-bond acceptors (Lipinski definition) is 6. The predicted octanol–water partition coefficient (Wildman–Crippen LogP) is 5.44. The van der Waals surface area contributed by atoms with Gasteiger partial charge < -0.3 is 31.0 Å². The molecule has 0 spiro atoms. The zero-order valence-corrected chi connectivity index (χ0v) is 38.1. The van der Waals surface area contributed by atoms with E-state index in [9.17, 15) is 29.4 Å². The second-order valence-corrected chi connectivity index (χ2v) is 17.9. The number of unbranched alkanes of at least 4 members (excludes halogenated alkanes) is 10. The predicted molar refractivity (Wildman–Crippen MR) is 217 cm³/mol. The number of aliphatic carboxylic acids is 1. The number of carboxylic acid groups (broad SMARTS) is 1.